The fraction of sp³-hybridized carbons (Fsp3) is 0.917. The van der Waals surface area contributed by atoms with Crippen LogP contribution in [0.15, 0.2) is 0 Å². The zero-order chi connectivity index (χ0) is 10.6. The predicted octanol–water partition coefficient (Wildman–Crippen LogP) is 1.47. The maximum atomic E-state index is 11.0. The molecule has 0 aromatic heterocycles. The fourth-order valence-electron chi connectivity index (χ4n) is 4.94. The lowest BCUT2D eigenvalue weighted by Gasteiger charge is -2.59. The van der Waals surface area contributed by atoms with Crippen molar-refractivity contribution in [1.82, 2.24) is 0 Å². The van der Waals surface area contributed by atoms with E-state index < -0.39 is 5.97 Å². The van der Waals surface area contributed by atoms with Crippen LogP contribution in [-0.2, 0) is 4.79 Å². The van der Waals surface area contributed by atoms with E-state index in [1.54, 1.807) is 0 Å². The van der Waals surface area contributed by atoms with E-state index in [9.17, 15) is 4.79 Å². The predicted molar refractivity (Wildman–Crippen MR) is 56.2 cm³/mol. The van der Waals surface area contributed by atoms with Crippen LogP contribution in [0.2, 0.25) is 0 Å². The first-order chi connectivity index (χ1) is 7.17. The Labute approximate surface area is 90.0 Å². The number of carbonyl (C=O) groups is 1. The zero-order valence-electron chi connectivity index (χ0n) is 8.98. The lowest BCUT2D eigenvalue weighted by Crippen LogP contribution is -2.59. The molecule has 3 aliphatic rings. The number of aliphatic carboxylic acids is 1. The molecule has 3 saturated carbocycles. The molecule has 3 nitrogen and oxygen atoms in total. The van der Waals surface area contributed by atoms with Crippen LogP contribution >= 0.6 is 0 Å². The summed E-state index contributed by atoms with van der Waals surface area (Å²) < 4.78 is 0. The summed E-state index contributed by atoms with van der Waals surface area (Å²) in [5.41, 5.74) is 5.87. The minimum absolute atomic E-state index is 0.0260. The summed E-state index contributed by atoms with van der Waals surface area (Å²) in [4.78, 5) is 11.0. The largest absolute Gasteiger partial charge is 0.481 e. The third-order valence-electron chi connectivity index (χ3n) is 5.45. The second kappa shape index (κ2) is 2.97. The number of carboxylic acids is 1. The molecule has 0 spiro atoms. The van der Waals surface area contributed by atoms with Gasteiger partial charge in [0.05, 0.1) is 6.42 Å². The van der Waals surface area contributed by atoms with Gasteiger partial charge in [-0.3, -0.25) is 4.79 Å². The van der Waals surface area contributed by atoms with Crippen molar-refractivity contribution in [2.45, 2.75) is 32.1 Å². The molecule has 3 fully saturated rings. The fourth-order valence-corrected chi connectivity index (χ4v) is 4.94. The molecular weight excluding hydrogens is 190 g/mol. The van der Waals surface area contributed by atoms with Gasteiger partial charge in [0.15, 0.2) is 0 Å². The Kier molecular flexibility index (Phi) is 1.91. The Balaban J connectivity index is 1.88. The van der Waals surface area contributed by atoms with E-state index in [1.807, 2.05) is 0 Å². The van der Waals surface area contributed by atoms with E-state index in [1.165, 1.54) is 25.7 Å². The van der Waals surface area contributed by atoms with Crippen LogP contribution in [0.4, 0.5) is 0 Å². The van der Waals surface area contributed by atoms with Crippen molar-refractivity contribution in [3.63, 3.8) is 0 Å². The number of nitrogens with two attached hydrogens (primary N) is 1. The van der Waals surface area contributed by atoms with Crippen LogP contribution in [0.3, 0.4) is 0 Å². The van der Waals surface area contributed by atoms with Gasteiger partial charge in [0.1, 0.15) is 0 Å². The number of hydrogen-bond acceptors (Lipinski definition) is 2. The summed E-state index contributed by atoms with van der Waals surface area (Å²) in [5, 5.41) is 9.04. The average Bonchev–Trinajstić information content (AvgIpc) is 2.40. The number of fused-ring (bicyclic) bond motifs is 1. The molecule has 0 aromatic carbocycles. The molecule has 5 atom stereocenters. The molecular formula is C12H19NO2. The molecule has 15 heavy (non-hydrogen) atoms. The highest BCUT2D eigenvalue weighted by Crippen LogP contribution is 2.70. The van der Waals surface area contributed by atoms with Gasteiger partial charge in [-0.15, -0.1) is 0 Å². The van der Waals surface area contributed by atoms with Crippen molar-refractivity contribution in [3.05, 3.63) is 0 Å². The maximum absolute atomic E-state index is 11.0. The molecule has 0 aromatic rings. The molecule has 0 heterocycles. The Morgan fingerprint density at radius 2 is 2.13 bits per heavy atom. The maximum Gasteiger partial charge on any atom is 0.303 e. The van der Waals surface area contributed by atoms with Crippen molar-refractivity contribution in [3.8, 4) is 0 Å². The molecule has 0 aliphatic heterocycles. The third kappa shape index (κ3) is 1.07. The minimum atomic E-state index is -0.658. The van der Waals surface area contributed by atoms with Crippen molar-refractivity contribution in [2.24, 2.45) is 34.8 Å². The summed E-state index contributed by atoms with van der Waals surface area (Å²) in [5.74, 6) is 2.32. The topological polar surface area (TPSA) is 63.3 Å². The van der Waals surface area contributed by atoms with E-state index >= 15 is 0 Å². The van der Waals surface area contributed by atoms with Crippen LogP contribution in [-0.4, -0.2) is 17.6 Å². The molecule has 3 aliphatic carbocycles. The van der Waals surface area contributed by atoms with Crippen molar-refractivity contribution < 1.29 is 9.90 Å². The third-order valence-corrected chi connectivity index (χ3v) is 5.45. The van der Waals surface area contributed by atoms with E-state index in [0.717, 1.165) is 11.8 Å². The number of hydrogen-bond donors (Lipinski definition) is 2. The average molecular weight is 209 g/mol. The molecule has 2 bridgehead atoms. The minimum Gasteiger partial charge on any atom is -0.481 e. The molecule has 0 amide bonds. The van der Waals surface area contributed by atoms with Crippen molar-refractivity contribution in [1.29, 1.82) is 0 Å². The highest BCUT2D eigenvalue weighted by Gasteiger charge is 2.65. The van der Waals surface area contributed by atoms with Crippen LogP contribution in [0.5, 0.6) is 0 Å². The highest BCUT2D eigenvalue weighted by molar-refractivity contribution is 5.68. The second-order valence-electron chi connectivity index (χ2n) is 5.80. The highest BCUT2D eigenvalue weighted by atomic mass is 16.4. The smallest absolute Gasteiger partial charge is 0.303 e. The van der Waals surface area contributed by atoms with Crippen LogP contribution in [0.1, 0.15) is 32.1 Å². The number of rotatable bonds is 3. The molecule has 84 valence electrons. The van der Waals surface area contributed by atoms with Gasteiger partial charge in [0.25, 0.3) is 0 Å². The summed E-state index contributed by atoms with van der Waals surface area (Å²) >= 11 is 0. The van der Waals surface area contributed by atoms with E-state index in [2.05, 4.69) is 0 Å². The van der Waals surface area contributed by atoms with Gasteiger partial charge in [-0.1, -0.05) is 6.42 Å². The lowest BCUT2D eigenvalue weighted by atomic mass is 9.45. The first kappa shape index (κ1) is 9.64. The Hall–Kier alpha value is -0.570. The van der Waals surface area contributed by atoms with Gasteiger partial charge in [0, 0.05) is 0 Å². The molecule has 0 saturated heterocycles. The molecule has 3 N–H and O–H groups in total. The van der Waals surface area contributed by atoms with Crippen LogP contribution < -0.4 is 5.73 Å². The molecule has 0 radical (unpaired) electrons. The van der Waals surface area contributed by atoms with Crippen LogP contribution in [0, 0.1) is 29.1 Å². The Morgan fingerprint density at radius 3 is 2.80 bits per heavy atom. The van der Waals surface area contributed by atoms with Crippen molar-refractivity contribution in [2.75, 3.05) is 6.54 Å². The summed E-state index contributed by atoms with van der Waals surface area (Å²) in [6.45, 7) is 0.581. The van der Waals surface area contributed by atoms with Gasteiger partial charge in [-0.05, 0) is 54.9 Å². The summed E-state index contributed by atoms with van der Waals surface area (Å²) in [7, 11) is 0. The summed E-state index contributed by atoms with van der Waals surface area (Å²) in [6.07, 6.45) is 5.47. The standard InChI is InChI=1S/C12H19NO2/c13-6-12(5-11(14)15)9-2-1-7-3-8(9)10(12)4-7/h7-10H,1-6,13H2,(H,14,15)/t7-,8-,9+,10-,12?/m1/s1. The second-order valence-corrected chi connectivity index (χ2v) is 5.80. The molecule has 3 heteroatoms. The van der Waals surface area contributed by atoms with E-state index in [0.29, 0.717) is 24.8 Å². The zero-order valence-corrected chi connectivity index (χ0v) is 8.98. The first-order valence-electron chi connectivity index (χ1n) is 6.09. The molecule has 1 unspecified atom stereocenters. The normalized spacial score (nSPS) is 51.3. The Morgan fingerprint density at radius 1 is 1.33 bits per heavy atom. The van der Waals surface area contributed by atoms with E-state index in [4.69, 9.17) is 10.8 Å². The van der Waals surface area contributed by atoms with Gasteiger partial charge < -0.3 is 10.8 Å². The van der Waals surface area contributed by atoms with Gasteiger partial charge in [-0.2, -0.15) is 0 Å². The quantitative estimate of drug-likeness (QED) is 0.740. The van der Waals surface area contributed by atoms with Gasteiger partial charge in [-0.25, -0.2) is 0 Å². The van der Waals surface area contributed by atoms with Crippen LogP contribution in [0.25, 0.3) is 0 Å². The van der Waals surface area contributed by atoms with Crippen molar-refractivity contribution >= 4 is 5.97 Å². The van der Waals surface area contributed by atoms with Gasteiger partial charge >= 0.3 is 5.97 Å². The lowest BCUT2D eigenvalue weighted by molar-refractivity contribution is -0.156. The SMILES string of the molecule is NCC1(CC(=O)O)[C@@H]2C[C@@H]3CC[C@H]1[C@H]2C3. The molecule has 3 rings (SSSR count). The monoisotopic (exact) mass is 209 g/mol. The number of carboxylic acid groups (broad SMARTS) is 1. The first-order valence-corrected chi connectivity index (χ1v) is 6.09. The Bertz CT molecular complexity index is 296. The summed E-state index contributed by atoms with van der Waals surface area (Å²) in [6, 6.07) is 0. The van der Waals surface area contributed by atoms with Gasteiger partial charge in [0.2, 0.25) is 0 Å². The van der Waals surface area contributed by atoms with E-state index in [-0.39, 0.29) is 5.41 Å².